The number of rotatable bonds is 5. The molecule has 2 N–H and O–H groups in total. The van der Waals surface area contributed by atoms with Crippen molar-refractivity contribution in [3.8, 4) is 0 Å². The average molecular weight is 199 g/mol. The molecule has 0 aromatic rings. The highest BCUT2D eigenvalue weighted by atomic mass is 16.7. The van der Waals surface area contributed by atoms with Gasteiger partial charge in [0.05, 0.1) is 12.7 Å². The molecule has 0 saturated heterocycles. The molecule has 0 atom stereocenters. The summed E-state index contributed by atoms with van der Waals surface area (Å²) in [6, 6.07) is 0.405. The van der Waals surface area contributed by atoms with Crippen molar-refractivity contribution in [2.45, 2.75) is 50.7 Å². The van der Waals surface area contributed by atoms with Gasteiger partial charge in [0.15, 0.2) is 0 Å². The number of hydrogen-bond acceptors (Lipinski definition) is 3. The molecule has 2 saturated carbocycles. The Morgan fingerprint density at radius 3 is 2.36 bits per heavy atom. The van der Waals surface area contributed by atoms with Crippen molar-refractivity contribution in [3.63, 3.8) is 0 Å². The van der Waals surface area contributed by atoms with E-state index in [1.807, 2.05) is 0 Å². The molecule has 2 aliphatic carbocycles. The van der Waals surface area contributed by atoms with E-state index >= 15 is 0 Å². The molecule has 0 aromatic carbocycles. The van der Waals surface area contributed by atoms with E-state index in [2.05, 4.69) is 0 Å². The van der Waals surface area contributed by atoms with E-state index < -0.39 is 0 Å². The molecule has 0 unspecified atom stereocenters. The Balaban J connectivity index is 1.47. The molecular weight excluding hydrogens is 178 g/mol. The van der Waals surface area contributed by atoms with Gasteiger partial charge in [0.1, 0.15) is 6.79 Å². The SMILES string of the molecule is NC1CCC(OCOCC2CC2)CC1. The minimum absolute atomic E-state index is 0.397. The zero-order chi connectivity index (χ0) is 9.80. The monoisotopic (exact) mass is 199 g/mol. The Bertz CT molecular complexity index is 163. The molecular formula is C11H21NO2. The maximum atomic E-state index is 5.81. The molecule has 14 heavy (non-hydrogen) atoms. The van der Waals surface area contributed by atoms with Crippen LogP contribution in [0.5, 0.6) is 0 Å². The zero-order valence-corrected chi connectivity index (χ0v) is 8.78. The topological polar surface area (TPSA) is 44.5 Å². The van der Waals surface area contributed by atoms with E-state index in [0.29, 0.717) is 18.9 Å². The Hall–Kier alpha value is -0.120. The minimum atomic E-state index is 0.397. The fourth-order valence-electron chi connectivity index (χ4n) is 1.90. The van der Waals surface area contributed by atoms with Crippen LogP contribution in [0.1, 0.15) is 38.5 Å². The van der Waals surface area contributed by atoms with E-state index in [9.17, 15) is 0 Å². The van der Waals surface area contributed by atoms with Gasteiger partial charge >= 0.3 is 0 Å². The van der Waals surface area contributed by atoms with Crippen molar-refractivity contribution < 1.29 is 9.47 Å². The molecule has 2 rings (SSSR count). The summed E-state index contributed by atoms with van der Waals surface area (Å²) in [5.41, 5.74) is 5.81. The van der Waals surface area contributed by atoms with Crippen LogP contribution >= 0.6 is 0 Å². The summed E-state index contributed by atoms with van der Waals surface area (Å²) in [5, 5.41) is 0. The smallest absolute Gasteiger partial charge is 0.147 e. The highest BCUT2D eigenvalue weighted by molar-refractivity contribution is 4.74. The predicted molar refractivity (Wildman–Crippen MR) is 54.9 cm³/mol. The molecule has 2 fully saturated rings. The normalized spacial score (nSPS) is 33.2. The largest absolute Gasteiger partial charge is 0.355 e. The molecule has 0 bridgehead atoms. The van der Waals surface area contributed by atoms with Crippen LogP contribution in [0.25, 0.3) is 0 Å². The molecule has 0 heterocycles. The summed E-state index contributed by atoms with van der Waals surface area (Å²) in [6.07, 6.45) is 7.51. The number of hydrogen-bond donors (Lipinski definition) is 1. The highest BCUT2D eigenvalue weighted by Crippen LogP contribution is 2.28. The third kappa shape index (κ3) is 3.56. The Morgan fingerprint density at radius 1 is 1.00 bits per heavy atom. The molecule has 3 nitrogen and oxygen atoms in total. The molecule has 2 aliphatic rings. The van der Waals surface area contributed by atoms with Gasteiger partial charge in [-0.05, 0) is 44.4 Å². The van der Waals surface area contributed by atoms with Crippen LogP contribution < -0.4 is 5.73 Å². The Kier molecular flexibility index (Phi) is 3.79. The number of ether oxygens (including phenoxy) is 2. The molecule has 0 radical (unpaired) electrons. The second kappa shape index (κ2) is 5.10. The van der Waals surface area contributed by atoms with Gasteiger partial charge in [-0.2, -0.15) is 0 Å². The van der Waals surface area contributed by atoms with E-state index in [4.69, 9.17) is 15.2 Å². The fraction of sp³-hybridized carbons (Fsp3) is 1.00. The lowest BCUT2D eigenvalue weighted by Crippen LogP contribution is -2.30. The Labute approximate surface area is 85.9 Å². The van der Waals surface area contributed by atoms with Gasteiger partial charge in [0.2, 0.25) is 0 Å². The van der Waals surface area contributed by atoms with Gasteiger partial charge in [0, 0.05) is 6.04 Å². The van der Waals surface area contributed by atoms with Crippen molar-refractivity contribution in [1.82, 2.24) is 0 Å². The van der Waals surface area contributed by atoms with Crippen molar-refractivity contribution in [2.24, 2.45) is 11.7 Å². The second-order valence-electron chi connectivity index (χ2n) is 4.64. The van der Waals surface area contributed by atoms with Gasteiger partial charge in [-0.1, -0.05) is 0 Å². The van der Waals surface area contributed by atoms with Crippen LogP contribution in [0.3, 0.4) is 0 Å². The molecule has 3 heteroatoms. The van der Waals surface area contributed by atoms with Gasteiger partial charge in [-0.3, -0.25) is 0 Å². The van der Waals surface area contributed by atoms with E-state index in [1.54, 1.807) is 0 Å². The lowest BCUT2D eigenvalue weighted by molar-refractivity contribution is -0.101. The lowest BCUT2D eigenvalue weighted by Gasteiger charge is -2.25. The van der Waals surface area contributed by atoms with Gasteiger partial charge in [0.25, 0.3) is 0 Å². The lowest BCUT2D eigenvalue weighted by atomic mass is 9.94. The van der Waals surface area contributed by atoms with E-state index in [0.717, 1.165) is 38.2 Å². The van der Waals surface area contributed by atoms with Crippen molar-refractivity contribution >= 4 is 0 Å². The molecule has 0 amide bonds. The predicted octanol–water partition coefficient (Wildman–Crippen LogP) is 1.66. The van der Waals surface area contributed by atoms with Crippen LogP contribution in [-0.4, -0.2) is 25.5 Å². The number of nitrogens with two attached hydrogens (primary N) is 1. The highest BCUT2D eigenvalue weighted by Gasteiger charge is 2.22. The summed E-state index contributed by atoms with van der Waals surface area (Å²) in [5.74, 6) is 0.832. The van der Waals surface area contributed by atoms with Crippen LogP contribution in [-0.2, 0) is 9.47 Å². The first-order chi connectivity index (χ1) is 6.84. The third-order valence-corrected chi connectivity index (χ3v) is 3.16. The first-order valence-electron chi connectivity index (χ1n) is 5.79. The van der Waals surface area contributed by atoms with E-state index in [-0.39, 0.29) is 0 Å². The maximum Gasteiger partial charge on any atom is 0.147 e. The van der Waals surface area contributed by atoms with Crippen LogP contribution in [0.2, 0.25) is 0 Å². The van der Waals surface area contributed by atoms with Crippen LogP contribution in [0, 0.1) is 5.92 Å². The maximum absolute atomic E-state index is 5.81. The van der Waals surface area contributed by atoms with Crippen LogP contribution in [0.15, 0.2) is 0 Å². The van der Waals surface area contributed by atoms with Crippen molar-refractivity contribution in [1.29, 1.82) is 0 Å². The average Bonchev–Trinajstić information content (AvgIpc) is 2.99. The summed E-state index contributed by atoms with van der Waals surface area (Å²) in [7, 11) is 0. The molecule has 0 aromatic heterocycles. The quantitative estimate of drug-likeness (QED) is 0.541. The van der Waals surface area contributed by atoms with Crippen LogP contribution in [0.4, 0.5) is 0 Å². The van der Waals surface area contributed by atoms with Gasteiger partial charge < -0.3 is 15.2 Å². The second-order valence-corrected chi connectivity index (χ2v) is 4.64. The Morgan fingerprint density at radius 2 is 1.71 bits per heavy atom. The first kappa shape index (κ1) is 10.4. The van der Waals surface area contributed by atoms with Crippen molar-refractivity contribution in [2.75, 3.05) is 13.4 Å². The standard InChI is InChI=1S/C11H21NO2/c12-10-3-5-11(6-4-10)14-8-13-7-9-1-2-9/h9-11H,1-8,12H2. The summed E-state index contributed by atoms with van der Waals surface area (Å²) in [4.78, 5) is 0. The van der Waals surface area contributed by atoms with Gasteiger partial charge in [-0.25, -0.2) is 0 Å². The molecule has 0 aliphatic heterocycles. The zero-order valence-electron chi connectivity index (χ0n) is 8.78. The van der Waals surface area contributed by atoms with Gasteiger partial charge in [-0.15, -0.1) is 0 Å². The van der Waals surface area contributed by atoms with E-state index in [1.165, 1.54) is 12.8 Å². The van der Waals surface area contributed by atoms with Crippen molar-refractivity contribution in [3.05, 3.63) is 0 Å². The minimum Gasteiger partial charge on any atom is -0.355 e. The molecule has 0 spiro atoms. The summed E-state index contributed by atoms with van der Waals surface area (Å²) < 4.78 is 11.1. The summed E-state index contributed by atoms with van der Waals surface area (Å²) >= 11 is 0. The fourth-order valence-corrected chi connectivity index (χ4v) is 1.90. The summed E-state index contributed by atoms with van der Waals surface area (Å²) in [6.45, 7) is 1.38. The molecule has 82 valence electrons. The first-order valence-corrected chi connectivity index (χ1v) is 5.79. The third-order valence-electron chi connectivity index (χ3n) is 3.16.